The Labute approximate surface area is 165 Å². The molecular weight excluding hydrogens is 356 g/mol. The van der Waals surface area contributed by atoms with Crippen LogP contribution in [0, 0.1) is 5.92 Å². The van der Waals surface area contributed by atoms with Gasteiger partial charge in [-0.2, -0.15) is 0 Å². The molecule has 0 bridgehead atoms. The fourth-order valence-electron chi connectivity index (χ4n) is 4.30. The molecular formula is C22H28N2O4. The van der Waals surface area contributed by atoms with Gasteiger partial charge in [0.1, 0.15) is 5.58 Å². The summed E-state index contributed by atoms with van der Waals surface area (Å²) in [6, 6.07) is 7.38. The molecule has 2 aliphatic rings. The zero-order chi connectivity index (χ0) is 19.3. The lowest BCUT2D eigenvalue weighted by atomic mass is 9.93. The van der Waals surface area contributed by atoms with E-state index < -0.39 is 0 Å². The predicted molar refractivity (Wildman–Crippen MR) is 107 cm³/mol. The molecule has 1 aromatic carbocycles. The van der Waals surface area contributed by atoms with E-state index in [1.807, 2.05) is 29.2 Å². The summed E-state index contributed by atoms with van der Waals surface area (Å²) in [4.78, 5) is 29.4. The van der Waals surface area contributed by atoms with Crippen molar-refractivity contribution in [2.24, 2.45) is 5.92 Å². The Morgan fingerprint density at radius 2 is 1.96 bits per heavy atom. The Morgan fingerprint density at radius 1 is 1.14 bits per heavy atom. The number of hydrogen-bond donors (Lipinski definition) is 0. The summed E-state index contributed by atoms with van der Waals surface area (Å²) in [5, 5.41) is 0.643. The number of para-hydroxylation sites is 1. The van der Waals surface area contributed by atoms with Gasteiger partial charge in [-0.25, -0.2) is 0 Å². The van der Waals surface area contributed by atoms with Gasteiger partial charge < -0.3 is 14.1 Å². The number of amides is 1. The Kier molecular flexibility index (Phi) is 6.07. The van der Waals surface area contributed by atoms with E-state index in [9.17, 15) is 9.59 Å². The zero-order valence-corrected chi connectivity index (χ0v) is 16.3. The Balaban J connectivity index is 1.33. The summed E-state index contributed by atoms with van der Waals surface area (Å²) >= 11 is 0. The Morgan fingerprint density at radius 3 is 2.82 bits per heavy atom. The van der Waals surface area contributed by atoms with Gasteiger partial charge >= 0.3 is 0 Å². The number of morpholine rings is 1. The molecule has 0 radical (unpaired) electrons. The normalized spacial score (nSPS) is 21.1. The lowest BCUT2D eigenvalue weighted by Gasteiger charge is -2.33. The molecule has 2 aromatic rings. The monoisotopic (exact) mass is 384 g/mol. The first-order chi connectivity index (χ1) is 13.7. The Hall–Kier alpha value is -2.18. The summed E-state index contributed by atoms with van der Waals surface area (Å²) < 4.78 is 11.0. The number of nitrogens with zero attached hydrogens (tertiary/aromatic N) is 2. The van der Waals surface area contributed by atoms with E-state index >= 15 is 0 Å². The number of fused-ring (bicyclic) bond motifs is 1. The molecule has 3 heterocycles. The van der Waals surface area contributed by atoms with Crippen LogP contribution in [0.2, 0.25) is 0 Å². The highest BCUT2D eigenvalue weighted by Crippen LogP contribution is 2.23. The summed E-state index contributed by atoms with van der Waals surface area (Å²) in [6.07, 6.45) is 5.39. The number of hydrogen-bond acceptors (Lipinski definition) is 5. The van der Waals surface area contributed by atoms with Crippen molar-refractivity contribution < 1.29 is 13.9 Å². The average Bonchev–Trinajstić information content (AvgIpc) is 2.75. The maximum absolute atomic E-state index is 12.7. The quantitative estimate of drug-likeness (QED) is 0.793. The average molecular weight is 384 g/mol. The molecule has 2 saturated heterocycles. The second-order valence-electron chi connectivity index (χ2n) is 7.86. The highest BCUT2D eigenvalue weighted by atomic mass is 16.5. The molecule has 150 valence electrons. The molecule has 1 aromatic heterocycles. The molecule has 28 heavy (non-hydrogen) atoms. The molecule has 6 nitrogen and oxygen atoms in total. The number of piperidine rings is 1. The van der Waals surface area contributed by atoms with Crippen LogP contribution in [0.3, 0.4) is 0 Å². The van der Waals surface area contributed by atoms with E-state index in [4.69, 9.17) is 9.15 Å². The largest absolute Gasteiger partial charge is 0.464 e. The molecule has 0 spiro atoms. The van der Waals surface area contributed by atoms with Gasteiger partial charge in [-0.1, -0.05) is 12.1 Å². The smallest absolute Gasteiger partial charge is 0.222 e. The molecule has 4 rings (SSSR count). The molecule has 0 saturated carbocycles. The van der Waals surface area contributed by atoms with Gasteiger partial charge in [0.2, 0.25) is 5.91 Å². The zero-order valence-electron chi connectivity index (χ0n) is 16.3. The number of carbonyl (C=O) groups is 1. The second-order valence-corrected chi connectivity index (χ2v) is 7.86. The minimum atomic E-state index is 0.0615. The van der Waals surface area contributed by atoms with Gasteiger partial charge in [0.15, 0.2) is 5.43 Å². The summed E-state index contributed by atoms with van der Waals surface area (Å²) in [7, 11) is 0. The minimum Gasteiger partial charge on any atom is -0.464 e. The minimum absolute atomic E-state index is 0.0615. The van der Waals surface area contributed by atoms with E-state index in [-0.39, 0.29) is 11.3 Å². The second kappa shape index (κ2) is 8.88. The fourth-order valence-corrected chi connectivity index (χ4v) is 4.30. The van der Waals surface area contributed by atoms with Gasteiger partial charge in [-0.15, -0.1) is 0 Å². The topological polar surface area (TPSA) is 63.0 Å². The summed E-state index contributed by atoms with van der Waals surface area (Å²) in [5.41, 5.74) is 1.41. The predicted octanol–water partition coefficient (Wildman–Crippen LogP) is 2.64. The van der Waals surface area contributed by atoms with Gasteiger partial charge in [-0.3, -0.25) is 14.5 Å². The van der Waals surface area contributed by atoms with Crippen molar-refractivity contribution in [3.63, 3.8) is 0 Å². The number of carbonyl (C=O) groups excluding carboxylic acids is 1. The van der Waals surface area contributed by atoms with Crippen LogP contribution in [0.15, 0.2) is 39.7 Å². The van der Waals surface area contributed by atoms with Crippen molar-refractivity contribution in [1.82, 2.24) is 9.80 Å². The van der Waals surface area contributed by atoms with Gasteiger partial charge in [-0.05, 0) is 43.9 Å². The van der Waals surface area contributed by atoms with Crippen molar-refractivity contribution in [2.45, 2.75) is 32.2 Å². The number of benzene rings is 1. The van der Waals surface area contributed by atoms with Crippen molar-refractivity contribution >= 4 is 16.9 Å². The molecule has 0 aliphatic carbocycles. The molecule has 6 heteroatoms. The van der Waals surface area contributed by atoms with E-state index in [2.05, 4.69) is 4.90 Å². The maximum atomic E-state index is 12.7. The van der Waals surface area contributed by atoms with Gasteiger partial charge in [0, 0.05) is 38.2 Å². The van der Waals surface area contributed by atoms with Crippen molar-refractivity contribution in [3.8, 4) is 0 Å². The summed E-state index contributed by atoms with van der Waals surface area (Å²) in [6.45, 7) is 5.26. The van der Waals surface area contributed by atoms with Crippen LogP contribution in [0.4, 0.5) is 0 Å². The number of ether oxygens (including phenoxy) is 1. The van der Waals surface area contributed by atoms with Crippen LogP contribution < -0.4 is 5.43 Å². The van der Waals surface area contributed by atoms with E-state index in [1.165, 1.54) is 0 Å². The van der Waals surface area contributed by atoms with Crippen LogP contribution in [0.25, 0.3) is 11.0 Å². The number of likely N-dealkylation sites (tertiary alicyclic amines) is 1. The third-order valence-electron chi connectivity index (χ3n) is 5.88. The van der Waals surface area contributed by atoms with Gasteiger partial charge in [0.05, 0.1) is 24.9 Å². The number of rotatable bonds is 5. The lowest BCUT2D eigenvalue weighted by Crippen LogP contribution is -2.41. The van der Waals surface area contributed by atoms with Crippen LogP contribution in [0.1, 0.15) is 31.2 Å². The molecule has 1 amide bonds. The third-order valence-corrected chi connectivity index (χ3v) is 5.88. The van der Waals surface area contributed by atoms with E-state index in [1.54, 1.807) is 6.26 Å². The lowest BCUT2D eigenvalue weighted by molar-refractivity contribution is -0.135. The molecule has 2 fully saturated rings. The van der Waals surface area contributed by atoms with Gasteiger partial charge in [0.25, 0.3) is 0 Å². The molecule has 1 atom stereocenters. The fraction of sp³-hybridized carbons (Fsp3) is 0.545. The maximum Gasteiger partial charge on any atom is 0.222 e. The van der Waals surface area contributed by atoms with Crippen LogP contribution in [0.5, 0.6) is 0 Å². The first-order valence-corrected chi connectivity index (χ1v) is 10.3. The van der Waals surface area contributed by atoms with E-state index in [0.717, 1.165) is 32.4 Å². The standard InChI is InChI=1S/C22H28N2O4/c25-21(24-10-12-27-13-11-24)8-7-17-4-3-9-23(14-17)15-18-16-28-20-6-2-1-5-19(20)22(18)26/h1-2,5-6,16-17H,3-4,7-15H2. The van der Waals surface area contributed by atoms with Crippen molar-refractivity contribution in [1.29, 1.82) is 0 Å². The SMILES string of the molecule is O=C(CCC1CCCN(Cc2coc3ccccc3c2=O)C1)N1CCOCC1. The highest BCUT2D eigenvalue weighted by Gasteiger charge is 2.23. The van der Waals surface area contributed by atoms with Crippen LogP contribution in [-0.4, -0.2) is 55.1 Å². The molecule has 2 aliphatic heterocycles. The van der Waals surface area contributed by atoms with Crippen LogP contribution >= 0.6 is 0 Å². The van der Waals surface area contributed by atoms with E-state index in [0.29, 0.717) is 61.7 Å². The molecule has 1 unspecified atom stereocenters. The Bertz CT molecular complexity index is 872. The summed E-state index contributed by atoms with van der Waals surface area (Å²) in [5.74, 6) is 0.752. The first-order valence-electron chi connectivity index (χ1n) is 10.3. The van der Waals surface area contributed by atoms with Crippen molar-refractivity contribution in [3.05, 3.63) is 46.3 Å². The van der Waals surface area contributed by atoms with Crippen molar-refractivity contribution in [2.75, 3.05) is 39.4 Å². The van der Waals surface area contributed by atoms with Crippen LogP contribution in [-0.2, 0) is 16.1 Å². The highest BCUT2D eigenvalue weighted by molar-refractivity contribution is 5.76. The first kappa shape index (κ1) is 19.2. The molecule has 0 N–H and O–H groups in total. The third kappa shape index (κ3) is 4.45.